The van der Waals surface area contributed by atoms with Gasteiger partial charge in [-0.25, -0.2) is 4.98 Å². The number of aliphatic hydroxyl groups is 1. The molecule has 2 heterocycles. The number of aliphatic hydroxyl groups excluding tert-OH is 1. The molecular weight excluding hydrogens is 282 g/mol. The summed E-state index contributed by atoms with van der Waals surface area (Å²) < 4.78 is 0. The first kappa shape index (κ1) is 14.5. The second-order valence-electron chi connectivity index (χ2n) is 5.59. The monoisotopic (exact) mass is 303 g/mol. The van der Waals surface area contributed by atoms with Crippen molar-refractivity contribution >= 4 is 16.5 Å². The van der Waals surface area contributed by atoms with Crippen LogP contribution in [0.25, 0.3) is 0 Å². The van der Waals surface area contributed by atoms with Crippen LogP contribution in [0, 0.1) is 0 Å². The van der Waals surface area contributed by atoms with E-state index >= 15 is 0 Å². The number of thiazole rings is 1. The van der Waals surface area contributed by atoms with E-state index in [-0.39, 0.29) is 6.10 Å². The summed E-state index contributed by atoms with van der Waals surface area (Å²) in [4.78, 5) is 7.76. The Balaban J connectivity index is 1.61. The molecular formula is C16H21N3OS. The summed E-state index contributed by atoms with van der Waals surface area (Å²) in [6.07, 6.45) is 4.61. The molecule has 112 valence electrons. The van der Waals surface area contributed by atoms with Crippen LogP contribution in [0.5, 0.6) is 0 Å². The molecule has 0 radical (unpaired) electrons. The van der Waals surface area contributed by atoms with Gasteiger partial charge in [-0.2, -0.15) is 0 Å². The molecule has 1 aliphatic heterocycles. The summed E-state index contributed by atoms with van der Waals surface area (Å²) >= 11 is 1.55. The number of nitrogens with zero attached hydrogens (tertiary/aromatic N) is 2. The predicted octanol–water partition coefficient (Wildman–Crippen LogP) is 2.81. The van der Waals surface area contributed by atoms with Gasteiger partial charge in [-0.1, -0.05) is 30.3 Å². The number of nitrogens with two attached hydrogens (primary N) is 1. The molecule has 3 N–H and O–H groups in total. The second-order valence-corrected chi connectivity index (χ2v) is 6.74. The van der Waals surface area contributed by atoms with Crippen LogP contribution in [0.15, 0.2) is 36.5 Å². The summed E-state index contributed by atoms with van der Waals surface area (Å²) in [6, 6.07) is 10.4. The van der Waals surface area contributed by atoms with E-state index < -0.39 is 0 Å². The van der Waals surface area contributed by atoms with E-state index in [1.807, 2.05) is 36.5 Å². The highest BCUT2D eigenvalue weighted by atomic mass is 32.1. The van der Waals surface area contributed by atoms with Crippen molar-refractivity contribution in [1.29, 1.82) is 0 Å². The number of hydrogen-bond acceptors (Lipinski definition) is 5. The zero-order valence-electron chi connectivity index (χ0n) is 12.0. The van der Waals surface area contributed by atoms with Crippen molar-refractivity contribution in [2.24, 2.45) is 0 Å². The molecule has 0 saturated carbocycles. The summed E-state index contributed by atoms with van der Waals surface area (Å²) in [7, 11) is 0. The molecule has 0 amide bonds. The van der Waals surface area contributed by atoms with Crippen LogP contribution in [-0.4, -0.2) is 27.6 Å². The maximum absolute atomic E-state index is 10.4. The largest absolute Gasteiger partial charge is 0.388 e. The fraction of sp³-hybridized carbons (Fsp3) is 0.438. The third-order valence-corrected chi connectivity index (χ3v) is 4.92. The van der Waals surface area contributed by atoms with Gasteiger partial charge in [0, 0.05) is 23.7 Å². The highest BCUT2D eigenvalue weighted by Crippen LogP contribution is 2.29. The Morgan fingerprint density at radius 3 is 2.90 bits per heavy atom. The number of benzene rings is 1. The zero-order valence-corrected chi connectivity index (χ0v) is 12.8. The fourth-order valence-corrected chi connectivity index (χ4v) is 3.74. The lowest BCUT2D eigenvalue weighted by molar-refractivity contribution is 0.118. The lowest BCUT2D eigenvalue weighted by atomic mass is 10.0. The van der Waals surface area contributed by atoms with E-state index in [9.17, 15) is 5.11 Å². The van der Waals surface area contributed by atoms with Crippen molar-refractivity contribution < 1.29 is 5.11 Å². The van der Waals surface area contributed by atoms with E-state index in [1.54, 1.807) is 11.3 Å². The molecule has 21 heavy (non-hydrogen) atoms. The summed E-state index contributed by atoms with van der Waals surface area (Å²) in [5.74, 6) is 0. The van der Waals surface area contributed by atoms with Gasteiger partial charge in [0.15, 0.2) is 5.13 Å². The molecule has 1 aliphatic rings. The normalized spacial score (nSPS) is 20.7. The molecule has 1 aromatic carbocycles. The minimum atomic E-state index is -0.386. The Bertz CT molecular complexity index is 572. The SMILES string of the molecule is Nc1ncc(CN2CCCC2CC(O)c2ccccc2)s1. The average molecular weight is 303 g/mol. The Labute approximate surface area is 129 Å². The molecule has 0 bridgehead atoms. The number of aromatic nitrogens is 1. The summed E-state index contributed by atoms with van der Waals surface area (Å²) in [6.45, 7) is 1.98. The number of anilines is 1. The smallest absolute Gasteiger partial charge is 0.180 e. The Morgan fingerprint density at radius 1 is 1.38 bits per heavy atom. The molecule has 3 rings (SSSR count). The third kappa shape index (κ3) is 3.61. The minimum absolute atomic E-state index is 0.386. The van der Waals surface area contributed by atoms with E-state index in [1.165, 1.54) is 11.3 Å². The first-order valence-corrected chi connectivity index (χ1v) is 8.21. The van der Waals surface area contributed by atoms with Gasteiger partial charge in [0.2, 0.25) is 0 Å². The molecule has 2 unspecified atom stereocenters. The standard InChI is InChI=1S/C16H21N3OS/c17-16-18-10-14(21-16)11-19-8-4-7-13(19)9-15(20)12-5-2-1-3-6-12/h1-3,5-6,10,13,15,20H,4,7-9,11H2,(H2,17,18). The first-order valence-electron chi connectivity index (χ1n) is 7.39. The van der Waals surface area contributed by atoms with E-state index in [2.05, 4.69) is 9.88 Å². The lowest BCUT2D eigenvalue weighted by Crippen LogP contribution is -2.30. The van der Waals surface area contributed by atoms with Crippen molar-refractivity contribution in [3.8, 4) is 0 Å². The van der Waals surface area contributed by atoms with Gasteiger partial charge in [-0.3, -0.25) is 4.90 Å². The van der Waals surface area contributed by atoms with Crippen LogP contribution < -0.4 is 5.73 Å². The lowest BCUT2D eigenvalue weighted by Gasteiger charge is -2.26. The zero-order chi connectivity index (χ0) is 14.7. The highest BCUT2D eigenvalue weighted by molar-refractivity contribution is 7.15. The van der Waals surface area contributed by atoms with Crippen molar-refractivity contribution in [1.82, 2.24) is 9.88 Å². The Morgan fingerprint density at radius 2 is 2.19 bits per heavy atom. The van der Waals surface area contributed by atoms with Crippen molar-refractivity contribution in [2.45, 2.75) is 38.0 Å². The van der Waals surface area contributed by atoms with Crippen molar-refractivity contribution in [3.05, 3.63) is 47.0 Å². The molecule has 2 atom stereocenters. The quantitative estimate of drug-likeness (QED) is 0.891. The summed E-state index contributed by atoms with van der Waals surface area (Å²) in [5.41, 5.74) is 6.70. The topological polar surface area (TPSA) is 62.4 Å². The highest BCUT2D eigenvalue weighted by Gasteiger charge is 2.27. The number of likely N-dealkylation sites (tertiary alicyclic amines) is 1. The average Bonchev–Trinajstić information content (AvgIpc) is 3.10. The van der Waals surface area contributed by atoms with Crippen LogP contribution in [0.3, 0.4) is 0 Å². The van der Waals surface area contributed by atoms with Crippen LogP contribution in [0.2, 0.25) is 0 Å². The number of rotatable bonds is 5. The molecule has 1 saturated heterocycles. The van der Waals surface area contributed by atoms with Gasteiger partial charge < -0.3 is 10.8 Å². The van der Waals surface area contributed by atoms with Gasteiger partial charge in [0.05, 0.1) is 6.10 Å². The molecule has 0 spiro atoms. The van der Waals surface area contributed by atoms with Crippen LogP contribution >= 0.6 is 11.3 Å². The molecule has 4 nitrogen and oxygen atoms in total. The number of nitrogen functional groups attached to an aromatic ring is 1. The Kier molecular flexibility index (Phi) is 4.53. The van der Waals surface area contributed by atoms with Gasteiger partial charge in [-0.15, -0.1) is 11.3 Å². The maximum Gasteiger partial charge on any atom is 0.180 e. The van der Waals surface area contributed by atoms with Gasteiger partial charge in [0.25, 0.3) is 0 Å². The molecule has 0 aliphatic carbocycles. The van der Waals surface area contributed by atoms with Crippen molar-refractivity contribution in [3.63, 3.8) is 0 Å². The molecule has 2 aromatic rings. The van der Waals surface area contributed by atoms with Crippen LogP contribution in [0.1, 0.15) is 35.8 Å². The van der Waals surface area contributed by atoms with E-state index in [4.69, 9.17) is 5.73 Å². The minimum Gasteiger partial charge on any atom is -0.388 e. The molecule has 1 aromatic heterocycles. The van der Waals surface area contributed by atoms with Gasteiger partial charge in [-0.05, 0) is 31.4 Å². The molecule has 5 heteroatoms. The second kappa shape index (κ2) is 6.56. The predicted molar refractivity (Wildman–Crippen MR) is 86.0 cm³/mol. The first-order chi connectivity index (χ1) is 10.2. The maximum atomic E-state index is 10.4. The number of hydrogen-bond donors (Lipinski definition) is 2. The van der Waals surface area contributed by atoms with E-state index in [0.29, 0.717) is 11.2 Å². The van der Waals surface area contributed by atoms with Crippen LogP contribution in [0.4, 0.5) is 5.13 Å². The van der Waals surface area contributed by atoms with Crippen LogP contribution in [-0.2, 0) is 6.54 Å². The fourth-order valence-electron chi connectivity index (χ4n) is 3.04. The van der Waals surface area contributed by atoms with E-state index in [0.717, 1.165) is 31.5 Å². The van der Waals surface area contributed by atoms with Crippen molar-refractivity contribution in [2.75, 3.05) is 12.3 Å². The Hall–Kier alpha value is -1.43. The van der Waals surface area contributed by atoms with Gasteiger partial charge >= 0.3 is 0 Å². The summed E-state index contributed by atoms with van der Waals surface area (Å²) in [5, 5.41) is 11.0. The van der Waals surface area contributed by atoms with Gasteiger partial charge in [0.1, 0.15) is 0 Å². The third-order valence-electron chi connectivity index (χ3n) is 4.11. The molecule has 1 fully saturated rings.